The number of rotatable bonds is 3. The summed E-state index contributed by atoms with van der Waals surface area (Å²) in [5, 5.41) is 3.38. The van der Waals surface area contributed by atoms with Crippen LogP contribution in [0.2, 0.25) is 0 Å². The molecule has 0 aromatic carbocycles. The van der Waals surface area contributed by atoms with Crippen molar-refractivity contribution in [3.05, 3.63) is 0 Å². The van der Waals surface area contributed by atoms with Crippen molar-refractivity contribution < 1.29 is 0 Å². The highest BCUT2D eigenvalue weighted by atomic mass is 15.2. The van der Waals surface area contributed by atoms with E-state index in [9.17, 15) is 0 Å². The molecule has 2 heteroatoms. The zero-order valence-corrected chi connectivity index (χ0v) is 8.06. The second-order valence-corrected chi connectivity index (χ2v) is 3.64. The molecule has 0 aromatic rings. The lowest BCUT2D eigenvalue weighted by molar-refractivity contribution is 0.147. The van der Waals surface area contributed by atoms with Gasteiger partial charge >= 0.3 is 0 Å². The van der Waals surface area contributed by atoms with Gasteiger partial charge in [-0.3, -0.25) is 4.90 Å². The normalized spacial score (nSPS) is 29.2. The summed E-state index contributed by atoms with van der Waals surface area (Å²) in [5.74, 6) is 2.72. The number of likely N-dealkylation sites (N-methyl/N-ethyl adjacent to an activating group) is 1. The summed E-state index contributed by atoms with van der Waals surface area (Å²) >= 11 is 0. The average molecular weight is 166 g/mol. The van der Waals surface area contributed by atoms with Crippen LogP contribution in [0.3, 0.4) is 0 Å². The van der Waals surface area contributed by atoms with Gasteiger partial charge in [-0.05, 0) is 26.4 Å². The molecule has 1 saturated heterocycles. The third-order valence-corrected chi connectivity index (χ3v) is 2.77. The largest absolute Gasteiger partial charge is 0.315 e. The fraction of sp³-hybridized carbons (Fsp3) is 0.800. The molecular formula is C10H18N2. The minimum Gasteiger partial charge on any atom is -0.315 e. The zero-order valence-electron chi connectivity index (χ0n) is 8.06. The highest BCUT2D eigenvalue weighted by Gasteiger charge is 2.33. The van der Waals surface area contributed by atoms with Crippen molar-refractivity contribution in [1.29, 1.82) is 0 Å². The van der Waals surface area contributed by atoms with Crippen LogP contribution < -0.4 is 5.32 Å². The van der Waals surface area contributed by atoms with Crippen molar-refractivity contribution in [2.45, 2.75) is 25.8 Å². The zero-order chi connectivity index (χ0) is 9.03. The molecule has 1 rings (SSSR count). The summed E-state index contributed by atoms with van der Waals surface area (Å²) < 4.78 is 0. The Morgan fingerprint density at radius 1 is 1.67 bits per heavy atom. The molecule has 68 valence electrons. The van der Waals surface area contributed by atoms with Gasteiger partial charge in [0.1, 0.15) is 0 Å². The fourth-order valence-corrected chi connectivity index (χ4v) is 1.87. The van der Waals surface area contributed by atoms with E-state index < -0.39 is 0 Å². The second kappa shape index (κ2) is 3.93. The Morgan fingerprint density at radius 3 is 2.83 bits per heavy atom. The van der Waals surface area contributed by atoms with Gasteiger partial charge in [0.2, 0.25) is 0 Å². The van der Waals surface area contributed by atoms with Crippen LogP contribution in [-0.4, -0.2) is 36.6 Å². The van der Waals surface area contributed by atoms with Crippen molar-refractivity contribution in [3.8, 4) is 12.3 Å². The van der Waals surface area contributed by atoms with E-state index in [1.165, 1.54) is 6.42 Å². The standard InChI is InChI=1S/C10H18N2/c1-4-8-12(5-2)10(3)6-7-11-9-10/h1,11H,5-9H2,2-3H3. The van der Waals surface area contributed by atoms with Crippen LogP contribution in [0.25, 0.3) is 0 Å². The lowest BCUT2D eigenvalue weighted by Crippen LogP contribution is -2.47. The predicted octanol–water partition coefficient (Wildman–Crippen LogP) is 0.694. The first-order valence-corrected chi connectivity index (χ1v) is 4.62. The van der Waals surface area contributed by atoms with Gasteiger partial charge in [-0.2, -0.15) is 0 Å². The molecule has 2 nitrogen and oxygen atoms in total. The number of terminal acetylenes is 1. The van der Waals surface area contributed by atoms with E-state index in [0.29, 0.717) is 5.54 Å². The Bertz CT molecular complexity index is 175. The molecule has 1 atom stereocenters. The van der Waals surface area contributed by atoms with Crippen LogP contribution in [0, 0.1) is 12.3 Å². The van der Waals surface area contributed by atoms with E-state index in [4.69, 9.17) is 6.42 Å². The van der Waals surface area contributed by atoms with E-state index in [2.05, 4.69) is 30.0 Å². The molecule has 0 amide bonds. The molecule has 1 fully saturated rings. The Labute approximate surface area is 75.3 Å². The van der Waals surface area contributed by atoms with Gasteiger partial charge in [-0.25, -0.2) is 0 Å². The van der Waals surface area contributed by atoms with Crippen molar-refractivity contribution in [1.82, 2.24) is 10.2 Å². The molecule has 0 bridgehead atoms. The summed E-state index contributed by atoms with van der Waals surface area (Å²) in [5.41, 5.74) is 0.293. The minimum atomic E-state index is 0.293. The maximum Gasteiger partial charge on any atom is 0.0603 e. The molecule has 1 N–H and O–H groups in total. The van der Waals surface area contributed by atoms with Crippen molar-refractivity contribution in [2.75, 3.05) is 26.2 Å². The molecule has 0 spiro atoms. The molecule has 0 aromatic heterocycles. The van der Waals surface area contributed by atoms with Gasteiger partial charge in [0, 0.05) is 12.1 Å². The average Bonchev–Trinajstić information content (AvgIpc) is 2.49. The topological polar surface area (TPSA) is 15.3 Å². The Morgan fingerprint density at radius 2 is 2.42 bits per heavy atom. The van der Waals surface area contributed by atoms with Crippen molar-refractivity contribution >= 4 is 0 Å². The van der Waals surface area contributed by atoms with Crippen molar-refractivity contribution in [2.24, 2.45) is 0 Å². The van der Waals surface area contributed by atoms with E-state index in [1.54, 1.807) is 0 Å². The van der Waals surface area contributed by atoms with E-state index in [0.717, 1.165) is 26.2 Å². The molecule has 0 saturated carbocycles. The SMILES string of the molecule is C#CCN(CC)C1(C)CCNC1. The van der Waals surface area contributed by atoms with Gasteiger partial charge < -0.3 is 5.32 Å². The van der Waals surface area contributed by atoms with E-state index >= 15 is 0 Å². The molecule has 12 heavy (non-hydrogen) atoms. The van der Waals surface area contributed by atoms with Gasteiger partial charge in [-0.1, -0.05) is 12.8 Å². The molecule has 1 aliphatic rings. The smallest absolute Gasteiger partial charge is 0.0603 e. The fourth-order valence-electron chi connectivity index (χ4n) is 1.87. The Balaban J connectivity index is 2.57. The maximum absolute atomic E-state index is 5.32. The van der Waals surface area contributed by atoms with Crippen LogP contribution in [0.4, 0.5) is 0 Å². The lowest BCUT2D eigenvalue weighted by atomic mass is 9.99. The highest BCUT2D eigenvalue weighted by Crippen LogP contribution is 2.21. The minimum absolute atomic E-state index is 0.293. The van der Waals surface area contributed by atoms with Crippen LogP contribution in [0.1, 0.15) is 20.3 Å². The van der Waals surface area contributed by atoms with Gasteiger partial charge in [-0.15, -0.1) is 6.42 Å². The summed E-state index contributed by atoms with van der Waals surface area (Å²) in [4.78, 5) is 2.37. The first-order chi connectivity index (χ1) is 5.73. The second-order valence-electron chi connectivity index (χ2n) is 3.64. The number of hydrogen-bond acceptors (Lipinski definition) is 2. The monoisotopic (exact) mass is 166 g/mol. The van der Waals surface area contributed by atoms with E-state index in [1.807, 2.05) is 0 Å². The number of nitrogens with zero attached hydrogens (tertiary/aromatic N) is 1. The molecular weight excluding hydrogens is 148 g/mol. The molecule has 1 aliphatic heterocycles. The molecule has 1 unspecified atom stereocenters. The first kappa shape index (κ1) is 9.57. The summed E-state index contributed by atoms with van der Waals surface area (Å²) in [6.45, 7) is 8.46. The quantitative estimate of drug-likeness (QED) is 0.621. The van der Waals surface area contributed by atoms with Gasteiger partial charge in [0.15, 0.2) is 0 Å². The summed E-state index contributed by atoms with van der Waals surface area (Å²) in [7, 11) is 0. The first-order valence-electron chi connectivity index (χ1n) is 4.62. The van der Waals surface area contributed by atoms with Crippen LogP contribution >= 0.6 is 0 Å². The highest BCUT2D eigenvalue weighted by molar-refractivity contribution is 4.99. The number of nitrogens with one attached hydrogen (secondary N) is 1. The van der Waals surface area contributed by atoms with Crippen LogP contribution in [0.15, 0.2) is 0 Å². The summed E-state index contributed by atoms with van der Waals surface area (Å²) in [6.07, 6.45) is 6.53. The van der Waals surface area contributed by atoms with Crippen molar-refractivity contribution in [3.63, 3.8) is 0 Å². The Hall–Kier alpha value is -0.520. The molecule has 0 radical (unpaired) electrons. The van der Waals surface area contributed by atoms with Crippen LogP contribution in [0.5, 0.6) is 0 Å². The number of hydrogen-bond donors (Lipinski definition) is 1. The third kappa shape index (κ3) is 1.80. The summed E-state index contributed by atoms with van der Waals surface area (Å²) in [6, 6.07) is 0. The molecule has 0 aliphatic carbocycles. The molecule has 1 heterocycles. The van der Waals surface area contributed by atoms with Gasteiger partial charge in [0.05, 0.1) is 6.54 Å². The van der Waals surface area contributed by atoms with Gasteiger partial charge in [0.25, 0.3) is 0 Å². The van der Waals surface area contributed by atoms with E-state index in [-0.39, 0.29) is 0 Å². The van der Waals surface area contributed by atoms with Crippen LogP contribution in [-0.2, 0) is 0 Å². The predicted molar refractivity (Wildman–Crippen MR) is 52.0 cm³/mol. The Kier molecular flexibility index (Phi) is 3.13. The maximum atomic E-state index is 5.32. The lowest BCUT2D eigenvalue weighted by Gasteiger charge is -2.35. The third-order valence-electron chi connectivity index (χ3n) is 2.77.